The summed E-state index contributed by atoms with van der Waals surface area (Å²) >= 11 is 0. The van der Waals surface area contributed by atoms with E-state index in [4.69, 9.17) is 4.42 Å². The molecule has 3 aromatic rings. The highest BCUT2D eigenvalue weighted by molar-refractivity contribution is 5.73. The van der Waals surface area contributed by atoms with E-state index in [0.717, 1.165) is 16.7 Å². The summed E-state index contributed by atoms with van der Waals surface area (Å²) in [4.78, 5) is 15.3. The summed E-state index contributed by atoms with van der Waals surface area (Å²) in [5.74, 6) is -0.295. The molecular formula is C18H14NO3-. The van der Waals surface area contributed by atoms with Crippen LogP contribution in [0.2, 0.25) is 0 Å². The first-order valence-electron chi connectivity index (χ1n) is 6.95. The summed E-state index contributed by atoms with van der Waals surface area (Å²) in [5.41, 5.74) is 3.12. The fourth-order valence-electron chi connectivity index (χ4n) is 2.24. The van der Waals surface area contributed by atoms with Crippen LogP contribution in [0.4, 0.5) is 0 Å². The zero-order valence-electron chi connectivity index (χ0n) is 12.1. The van der Waals surface area contributed by atoms with Crippen molar-refractivity contribution in [2.24, 2.45) is 0 Å². The molecule has 4 nitrogen and oxygen atoms in total. The number of carboxylic acid groups (broad SMARTS) is 1. The summed E-state index contributed by atoms with van der Waals surface area (Å²) in [6, 6.07) is 17.1. The van der Waals surface area contributed by atoms with E-state index in [1.165, 1.54) is 0 Å². The quantitative estimate of drug-likeness (QED) is 0.741. The number of carbonyl (C=O) groups is 1. The maximum Gasteiger partial charge on any atom is 0.227 e. The fraction of sp³-hybridized carbons (Fsp3) is 0.111. The van der Waals surface area contributed by atoms with Gasteiger partial charge in [0, 0.05) is 23.5 Å². The number of aliphatic carboxylic acids is 1. The number of oxazole rings is 1. The second-order valence-electron chi connectivity index (χ2n) is 5.08. The Morgan fingerprint density at radius 3 is 2.36 bits per heavy atom. The molecule has 0 saturated heterocycles. The molecule has 0 unspecified atom stereocenters. The Balaban J connectivity index is 2.08. The van der Waals surface area contributed by atoms with Gasteiger partial charge in [0.2, 0.25) is 5.89 Å². The first kappa shape index (κ1) is 14.1. The molecule has 1 heterocycles. The molecule has 110 valence electrons. The highest BCUT2D eigenvalue weighted by Crippen LogP contribution is 2.30. The van der Waals surface area contributed by atoms with E-state index < -0.39 is 5.97 Å². The Morgan fingerprint density at radius 1 is 1.05 bits per heavy atom. The fourth-order valence-corrected chi connectivity index (χ4v) is 2.24. The van der Waals surface area contributed by atoms with Gasteiger partial charge in [-0.2, -0.15) is 0 Å². The second kappa shape index (κ2) is 5.85. The van der Waals surface area contributed by atoms with Gasteiger partial charge in [-0.15, -0.1) is 0 Å². The zero-order valence-corrected chi connectivity index (χ0v) is 12.1. The molecule has 1 aromatic heterocycles. The molecule has 0 amide bonds. The number of aromatic nitrogens is 1. The van der Waals surface area contributed by atoms with Crippen LogP contribution in [0.5, 0.6) is 0 Å². The van der Waals surface area contributed by atoms with E-state index in [0.29, 0.717) is 17.3 Å². The molecule has 0 spiro atoms. The van der Waals surface area contributed by atoms with Crippen LogP contribution in [0.15, 0.2) is 59.0 Å². The Labute approximate surface area is 128 Å². The average molecular weight is 292 g/mol. The maximum absolute atomic E-state index is 10.9. The molecule has 3 rings (SSSR count). The third kappa shape index (κ3) is 2.91. The van der Waals surface area contributed by atoms with Gasteiger partial charge in [-0.25, -0.2) is 4.98 Å². The van der Waals surface area contributed by atoms with E-state index in [1.54, 1.807) is 0 Å². The van der Waals surface area contributed by atoms with E-state index in [9.17, 15) is 9.90 Å². The third-order valence-corrected chi connectivity index (χ3v) is 3.34. The minimum atomic E-state index is -1.18. The zero-order chi connectivity index (χ0) is 15.5. The molecule has 0 bridgehead atoms. The highest BCUT2D eigenvalue weighted by Gasteiger charge is 2.16. The van der Waals surface area contributed by atoms with Crippen molar-refractivity contribution in [3.05, 3.63) is 65.9 Å². The molecule has 4 heteroatoms. The minimum Gasteiger partial charge on any atom is -0.550 e. The Bertz CT molecular complexity index is 789. The summed E-state index contributed by atoms with van der Waals surface area (Å²) in [6.45, 7) is 2.00. The summed E-state index contributed by atoms with van der Waals surface area (Å²) < 4.78 is 5.83. The van der Waals surface area contributed by atoms with E-state index in [-0.39, 0.29) is 6.42 Å². The lowest BCUT2D eigenvalue weighted by Crippen LogP contribution is -2.24. The molecule has 2 aromatic carbocycles. The van der Waals surface area contributed by atoms with Gasteiger partial charge in [0.25, 0.3) is 0 Å². The van der Waals surface area contributed by atoms with E-state index in [1.807, 2.05) is 61.5 Å². The smallest absolute Gasteiger partial charge is 0.227 e. The SMILES string of the molecule is Cc1ccc(-c2nc(CC(=O)[O-])c(-c3ccccc3)o2)cc1. The number of hydrogen-bond donors (Lipinski definition) is 0. The predicted molar refractivity (Wildman–Crippen MR) is 80.8 cm³/mol. The van der Waals surface area contributed by atoms with Crippen LogP contribution in [-0.2, 0) is 11.2 Å². The van der Waals surface area contributed by atoms with Gasteiger partial charge in [0.05, 0.1) is 5.69 Å². The van der Waals surface area contributed by atoms with Gasteiger partial charge in [-0.1, -0.05) is 48.0 Å². The van der Waals surface area contributed by atoms with Gasteiger partial charge >= 0.3 is 0 Å². The molecule has 22 heavy (non-hydrogen) atoms. The van der Waals surface area contributed by atoms with Gasteiger partial charge in [-0.05, 0) is 19.1 Å². The molecular weight excluding hydrogens is 278 g/mol. The lowest BCUT2D eigenvalue weighted by molar-refractivity contribution is -0.304. The normalized spacial score (nSPS) is 10.6. The topological polar surface area (TPSA) is 66.2 Å². The van der Waals surface area contributed by atoms with Crippen molar-refractivity contribution >= 4 is 5.97 Å². The standard InChI is InChI=1S/C18H15NO3/c1-12-7-9-14(10-8-12)18-19-15(11-16(20)21)17(22-18)13-5-3-2-4-6-13/h2-10H,11H2,1H3,(H,20,21)/p-1. The van der Waals surface area contributed by atoms with Crippen LogP contribution >= 0.6 is 0 Å². The van der Waals surface area contributed by atoms with E-state index in [2.05, 4.69) is 4.98 Å². The summed E-state index contributed by atoms with van der Waals surface area (Å²) in [7, 11) is 0. The van der Waals surface area contributed by atoms with E-state index >= 15 is 0 Å². The molecule has 0 N–H and O–H groups in total. The Kier molecular flexibility index (Phi) is 3.74. The van der Waals surface area contributed by atoms with Gasteiger partial charge in [-0.3, -0.25) is 0 Å². The number of aryl methyl sites for hydroxylation is 1. The molecule has 0 aliphatic carbocycles. The van der Waals surface area contributed by atoms with Crippen LogP contribution in [0.3, 0.4) is 0 Å². The third-order valence-electron chi connectivity index (χ3n) is 3.34. The maximum atomic E-state index is 10.9. The predicted octanol–water partition coefficient (Wildman–Crippen LogP) is 2.61. The monoisotopic (exact) mass is 292 g/mol. The molecule has 0 aliphatic rings. The minimum absolute atomic E-state index is 0.278. The number of benzene rings is 2. The van der Waals surface area contributed by atoms with Crippen LogP contribution in [0.25, 0.3) is 22.8 Å². The summed E-state index contributed by atoms with van der Waals surface area (Å²) in [5, 5.41) is 10.9. The largest absolute Gasteiger partial charge is 0.550 e. The Morgan fingerprint density at radius 2 is 1.73 bits per heavy atom. The molecule has 0 saturated carbocycles. The van der Waals surface area contributed by atoms with Gasteiger partial charge in [0.15, 0.2) is 5.76 Å². The first-order valence-corrected chi connectivity index (χ1v) is 6.95. The average Bonchev–Trinajstić information content (AvgIpc) is 2.92. The van der Waals surface area contributed by atoms with Crippen molar-refractivity contribution in [1.82, 2.24) is 4.98 Å². The second-order valence-corrected chi connectivity index (χ2v) is 5.08. The lowest BCUT2D eigenvalue weighted by Gasteiger charge is -2.01. The van der Waals surface area contributed by atoms with Crippen LogP contribution in [0.1, 0.15) is 11.3 Å². The van der Waals surface area contributed by atoms with Crippen molar-refractivity contribution in [1.29, 1.82) is 0 Å². The molecule has 0 atom stereocenters. The van der Waals surface area contributed by atoms with Crippen LogP contribution in [-0.4, -0.2) is 11.0 Å². The Hall–Kier alpha value is -2.88. The van der Waals surface area contributed by atoms with Crippen molar-refractivity contribution in [2.45, 2.75) is 13.3 Å². The van der Waals surface area contributed by atoms with Gasteiger partial charge in [0.1, 0.15) is 0 Å². The van der Waals surface area contributed by atoms with Crippen molar-refractivity contribution in [2.75, 3.05) is 0 Å². The summed E-state index contributed by atoms with van der Waals surface area (Å²) in [6.07, 6.45) is -0.278. The van der Waals surface area contributed by atoms with Gasteiger partial charge < -0.3 is 14.3 Å². The number of nitrogens with zero attached hydrogens (tertiary/aromatic N) is 1. The molecule has 0 fully saturated rings. The highest BCUT2D eigenvalue weighted by atomic mass is 16.4. The number of carboxylic acids is 1. The van der Waals surface area contributed by atoms with Crippen molar-refractivity contribution < 1.29 is 14.3 Å². The number of rotatable bonds is 4. The van der Waals surface area contributed by atoms with Crippen molar-refractivity contribution in [3.8, 4) is 22.8 Å². The first-order chi connectivity index (χ1) is 10.6. The molecule has 0 radical (unpaired) electrons. The number of carbonyl (C=O) groups excluding carboxylic acids is 1. The van der Waals surface area contributed by atoms with Crippen LogP contribution in [0, 0.1) is 6.92 Å². The van der Waals surface area contributed by atoms with Crippen LogP contribution < -0.4 is 5.11 Å². The van der Waals surface area contributed by atoms with Crippen molar-refractivity contribution in [3.63, 3.8) is 0 Å². The molecule has 0 aliphatic heterocycles. The number of hydrogen-bond acceptors (Lipinski definition) is 4. The lowest BCUT2D eigenvalue weighted by atomic mass is 10.1.